The van der Waals surface area contributed by atoms with Gasteiger partial charge in [0, 0.05) is 0 Å². The molecular formula is C18H13ClF3NO2. The van der Waals surface area contributed by atoms with E-state index >= 15 is 0 Å². The molecule has 1 N–H and O–H groups in total. The van der Waals surface area contributed by atoms with Crippen LogP contribution in [0.5, 0.6) is 5.75 Å². The number of carbonyl (C=O) groups is 1. The standard InChI is InChI=1S/C18H13ClF3NO2/c19-16-9-2-1-8-15(16)17(24)23-10-3-4-11-25-14-7-5-6-13(12-14)18(20,21)22/h1-2,5-9,12H,10-11H2,(H,23,24). The van der Waals surface area contributed by atoms with Crippen LogP contribution in [0.2, 0.25) is 5.02 Å². The van der Waals surface area contributed by atoms with Crippen LogP contribution in [0.4, 0.5) is 13.2 Å². The molecule has 130 valence electrons. The molecule has 0 radical (unpaired) electrons. The third kappa shape index (κ3) is 5.73. The largest absolute Gasteiger partial charge is 0.481 e. The topological polar surface area (TPSA) is 38.3 Å². The first-order valence-electron chi connectivity index (χ1n) is 7.16. The minimum absolute atomic E-state index is 0.0655. The summed E-state index contributed by atoms with van der Waals surface area (Å²) in [6, 6.07) is 11.1. The van der Waals surface area contributed by atoms with E-state index in [1.165, 1.54) is 12.1 Å². The van der Waals surface area contributed by atoms with Gasteiger partial charge in [-0.25, -0.2) is 0 Å². The van der Waals surface area contributed by atoms with E-state index in [-0.39, 0.29) is 24.8 Å². The highest BCUT2D eigenvalue weighted by atomic mass is 35.5. The lowest BCUT2D eigenvalue weighted by molar-refractivity contribution is -0.137. The van der Waals surface area contributed by atoms with E-state index in [1.807, 2.05) is 0 Å². The molecular weight excluding hydrogens is 355 g/mol. The van der Waals surface area contributed by atoms with Gasteiger partial charge in [-0.15, -0.1) is 0 Å². The van der Waals surface area contributed by atoms with Gasteiger partial charge in [-0.1, -0.05) is 41.6 Å². The Hall–Kier alpha value is -2.65. The van der Waals surface area contributed by atoms with Gasteiger partial charge in [0.1, 0.15) is 12.4 Å². The van der Waals surface area contributed by atoms with Gasteiger partial charge < -0.3 is 10.1 Å². The van der Waals surface area contributed by atoms with E-state index in [0.29, 0.717) is 10.6 Å². The number of nitrogens with one attached hydrogen (secondary N) is 1. The highest BCUT2D eigenvalue weighted by Gasteiger charge is 2.30. The predicted octanol–water partition coefficient (Wildman–Crippen LogP) is 4.17. The zero-order valence-corrected chi connectivity index (χ0v) is 13.6. The van der Waals surface area contributed by atoms with E-state index < -0.39 is 11.7 Å². The number of amides is 1. The predicted molar refractivity (Wildman–Crippen MR) is 88.5 cm³/mol. The van der Waals surface area contributed by atoms with E-state index in [2.05, 4.69) is 17.2 Å². The molecule has 0 aliphatic carbocycles. The van der Waals surface area contributed by atoms with Crippen molar-refractivity contribution in [3.63, 3.8) is 0 Å². The van der Waals surface area contributed by atoms with E-state index in [0.717, 1.165) is 12.1 Å². The summed E-state index contributed by atoms with van der Waals surface area (Å²) in [5.74, 6) is 4.97. The molecule has 3 nitrogen and oxygen atoms in total. The summed E-state index contributed by atoms with van der Waals surface area (Å²) in [6.07, 6.45) is -4.42. The SMILES string of the molecule is O=C(NCC#CCOc1cccc(C(F)(F)F)c1)c1ccccc1Cl. The second-order valence-corrected chi connectivity index (χ2v) is 5.24. The van der Waals surface area contributed by atoms with Crippen molar-refractivity contribution in [1.29, 1.82) is 0 Å². The lowest BCUT2D eigenvalue weighted by Gasteiger charge is -2.08. The van der Waals surface area contributed by atoms with Crippen LogP contribution in [0.3, 0.4) is 0 Å². The van der Waals surface area contributed by atoms with Gasteiger partial charge in [-0.05, 0) is 30.3 Å². The zero-order chi connectivity index (χ0) is 18.3. The zero-order valence-electron chi connectivity index (χ0n) is 12.9. The monoisotopic (exact) mass is 367 g/mol. The third-order valence-electron chi connectivity index (χ3n) is 3.05. The molecule has 0 aliphatic heterocycles. The first kappa shape index (κ1) is 18.7. The smallest absolute Gasteiger partial charge is 0.416 e. The van der Waals surface area contributed by atoms with Gasteiger partial charge in [0.2, 0.25) is 0 Å². The molecule has 2 rings (SSSR count). The molecule has 7 heteroatoms. The van der Waals surface area contributed by atoms with Crippen molar-refractivity contribution in [3.05, 3.63) is 64.7 Å². The van der Waals surface area contributed by atoms with Crippen LogP contribution in [0, 0.1) is 11.8 Å². The molecule has 0 unspecified atom stereocenters. The highest BCUT2D eigenvalue weighted by molar-refractivity contribution is 6.33. The molecule has 0 saturated carbocycles. The second-order valence-electron chi connectivity index (χ2n) is 4.83. The molecule has 2 aromatic carbocycles. The van der Waals surface area contributed by atoms with Crippen molar-refractivity contribution in [2.24, 2.45) is 0 Å². The average Bonchev–Trinajstić information content (AvgIpc) is 2.57. The van der Waals surface area contributed by atoms with Crippen molar-refractivity contribution >= 4 is 17.5 Å². The van der Waals surface area contributed by atoms with Gasteiger partial charge in [-0.2, -0.15) is 13.2 Å². The maximum absolute atomic E-state index is 12.6. The first-order valence-corrected chi connectivity index (χ1v) is 7.54. The molecule has 0 heterocycles. The quantitative estimate of drug-likeness (QED) is 0.824. The van der Waals surface area contributed by atoms with E-state index in [9.17, 15) is 18.0 Å². The van der Waals surface area contributed by atoms with Crippen LogP contribution in [-0.2, 0) is 6.18 Å². The van der Waals surface area contributed by atoms with Crippen molar-refractivity contribution in [3.8, 4) is 17.6 Å². The average molecular weight is 368 g/mol. The van der Waals surface area contributed by atoms with Gasteiger partial charge in [0.25, 0.3) is 5.91 Å². The highest BCUT2D eigenvalue weighted by Crippen LogP contribution is 2.31. The Kier molecular flexibility index (Phi) is 6.31. The molecule has 2 aromatic rings. The molecule has 0 spiro atoms. The van der Waals surface area contributed by atoms with Crippen LogP contribution < -0.4 is 10.1 Å². The van der Waals surface area contributed by atoms with Gasteiger partial charge >= 0.3 is 6.18 Å². The number of halogens is 4. The van der Waals surface area contributed by atoms with Gasteiger partial charge in [-0.3, -0.25) is 4.79 Å². The minimum Gasteiger partial charge on any atom is -0.481 e. The molecule has 1 amide bonds. The molecule has 0 atom stereocenters. The number of alkyl halides is 3. The summed E-state index contributed by atoms with van der Waals surface area (Å²) in [6.45, 7) is -0.0285. The summed E-state index contributed by atoms with van der Waals surface area (Å²) < 4.78 is 42.8. The molecule has 0 fully saturated rings. The number of benzene rings is 2. The maximum Gasteiger partial charge on any atom is 0.416 e. The first-order chi connectivity index (χ1) is 11.9. The number of hydrogen-bond acceptors (Lipinski definition) is 2. The molecule has 0 aliphatic rings. The van der Waals surface area contributed by atoms with Crippen molar-refractivity contribution in [2.45, 2.75) is 6.18 Å². The van der Waals surface area contributed by atoms with Crippen LogP contribution in [0.15, 0.2) is 48.5 Å². The van der Waals surface area contributed by atoms with Crippen LogP contribution in [0.1, 0.15) is 15.9 Å². The van der Waals surface area contributed by atoms with Crippen LogP contribution in [-0.4, -0.2) is 19.1 Å². The van der Waals surface area contributed by atoms with E-state index in [4.69, 9.17) is 16.3 Å². The summed E-state index contributed by atoms with van der Waals surface area (Å²) in [5, 5.41) is 2.90. The fourth-order valence-electron chi connectivity index (χ4n) is 1.86. The Morgan fingerprint density at radius 3 is 2.60 bits per heavy atom. The second kappa shape index (κ2) is 8.45. The van der Waals surface area contributed by atoms with Gasteiger partial charge in [0.15, 0.2) is 0 Å². The fraction of sp³-hybridized carbons (Fsp3) is 0.167. The Bertz CT molecular complexity index is 810. The summed E-state index contributed by atoms with van der Waals surface area (Å²) in [5.41, 5.74) is -0.448. The van der Waals surface area contributed by atoms with Crippen molar-refractivity contribution in [2.75, 3.05) is 13.2 Å². The molecule has 0 aromatic heterocycles. The Morgan fingerprint density at radius 1 is 1.12 bits per heavy atom. The lowest BCUT2D eigenvalue weighted by Crippen LogP contribution is -2.23. The summed E-state index contributed by atoms with van der Waals surface area (Å²) in [4.78, 5) is 11.9. The van der Waals surface area contributed by atoms with Crippen molar-refractivity contribution < 1.29 is 22.7 Å². The third-order valence-corrected chi connectivity index (χ3v) is 3.38. The summed E-state index contributed by atoms with van der Waals surface area (Å²) in [7, 11) is 0. The molecule has 25 heavy (non-hydrogen) atoms. The minimum atomic E-state index is -4.42. The number of ether oxygens (including phenoxy) is 1. The number of carbonyl (C=O) groups excluding carboxylic acids is 1. The van der Waals surface area contributed by atoms with Crippen molar-refractivity contribution in [1.82, 2.24) is 5.32 Å². The summed E-state index contributed by atoms with van der Waals surface area (Å²) >= 11 is 5.90. The maximum atomic E-state index is 12.6. The number of rotatable bonds is 4. The normalized spacial score (nSPS) is 10.6. The fourth-order valence-corrected chi connectivity index (χ4v) is 2.08. The Morgan fingerprint density at radius 2 is 1.88 bits per heavy atom. The number of hydrogen-bond donors (Lipinski definition) is 1. The molecule has 0 saturated heterocycles. The van der Waals surface area contributed by atoms with Crippen LogP contribution in [0.25, 0.3) is 0 Å². The van der Waals surface area contributed by atoms with Gasteiger partial charge in [0.05, 0.1) is 22.7 Å². The van der Waals surface area contributed by atoms with Crippen LogP contribution >= 0.6 is 11.6 Å². The Balaban J connectivity index is 1.80. The van der Waals surface area contributed by atoms with E-state index in [1.54, 1.807) is 24.3 Å². The molecule has 0 bridgehead atoms. The lowest BCUT2D eigenvalue weighted by atomic mass is 10.2. The Labute approximate surface area is 147 Å².